The summed E-state index contributed by atoms with van der Waals surface area (Å²) < 4.78 is 12.2. The van der Waals surface area contributed by atoms with E-state index in [1.54, 1.807) is 6.20 Å². The van der Waals surface area contributed by atoms with Crippen LogP contribution in [0.25, 0.3) is 0 Å². The van der Waals surface area contributed by atoms with Crippen LogP contribution in [0.2, 0.25) is 5.02 Å². The van der Waals surface area contributed by atoms with Gasteiger partial charge < -0.3 is 24.8 Å². The van der Waals surface area contributed by atoms with Gasteiger partial charge in [0, 0.05) is 23.3 Å². The second kappa shape index (κ2) is 11.3. The van der Waals surface area contributed by atoms with Crippen LogP contribution in [-0.2, 0) is 32.8 Å². The standard InChI is InChI=1S/C29H35ClN2O5/c1-28(2,3)13-11-21-9-10-22(15-24(21)30)29-19-37-25(18-36-17-20-7-5-4-6-8-20)23(29)16-32(27(35)31-29)14-12-26(33)34/h4-10,15-16,25H,11-14,17-19H2,1-3H3,(H,31,35)(H,33,34)/t25?,29-/m1/s1. The molecular weight excluding hydrogens is 492 g/mol. The van der Waals surface area contributed by atoms with Crippen molar-refractivity contribution in [3.05, 3.63) is 82.0 Å². The maximum atomic E-state index is 13.1. The predicted octanol–water partition coefficient (Wildman–Crippen LogP) is 5.51. The molecule has 8 heteroatoms. The summed E-state index contributed by atoms with van der Waals surface area (Å²) in [6.07, 6.45) is 3.03. The average Bonchev–Trinajstić information content (AvgIpc) is 3.20. The molecule has 2 atom stereocenters. The summed E-state index contributed by atoms with van der Waals surface area (Å²) in [5.41, 5.74) is 3.07. The SMILES string of the molecule is CC(C)(C)CCc1ccc([C@]23COC(COCc4ccccc4)C2=CN(CCC(=O)O)C(=O)N3)cc1Cl. The first-order valence-corrected chi connectivity index (χ1v) is 13.0. The Kier molecular flexibility index (Phi) is 8.26. The minimum absolute atomic E-state index is 0.0604. The Hall–Kier alpha value is -2.87. The molecular formula is C29H35ClN2O5. The Labute approximate surface area is 223 Å². The zero-order valence-electron chi connectivity index (χ0n) is 21.6. The lowest BCUT2D eigenvalue weighted by Gasteiger charge is -2.39. The lowest BCUT2D eigenvalue weighted by Crippen LogP contribution is -2.56. The number of hydrogen-bond donors (Lipinski definition) is 2. The van der Waals surface area contributed by atoms with Gasteiger partial charge in [-0.1, -0.05) is 74.8 Å². The third-order valence-corrected chi connectivity index (χ3v) is 7.21. The van der Waals surface area contributed by atoms with Gasteiger partial charge in [-0.2, -0.15) is 0 Å². The van der Waals surface area contributed by atoms with Gasteiger partial charge in [0.1, 0.15) is 11.6 Å². The van der Waals surface area contributed by atoms with Gasteiger partial charge in [-0.25, -0.2) is 4.79 Å². The van der Waals surface area contributed by atoms with E-state index in [9.17, 15) is 9.59 Å². The van der Waals surface area contributed by atoms with Gasteiger partial charge in [-0.05, 0) is 41.0 Å². The Bertz CT molecular complexity index is 1160. The fourth-order valence-electron chi connectivity index (χ4n) is 4.68. The summed E-state index contributed by atoms with van der Waals surface area (Å²) in [6.45, 7) is 7.63. The summed E-state index contributed by atoms with van der Waals surface area (Å²) in [5.74, 6) is -0.967. The Morgan fingerprint density at radius 1 is 1.24 bits per heavy atom. The highest BCUT2D eigenvalue weighted by Gasteiger charge is 2.51. The van der Waals surface area contributed by atoms with Crippen LogP contribution in [0.15, 0.2) is 60.3 Å². The maximum Gasteiger partial charge on any atom is 0.322 e. The molecule has 2 aliphatic heterocycles. The molecule has 2 aromatic carbocycles. The van der Waals surface area contributed by atoms with Crippen LogP contribution < -0.4 is 5.32 Å². The summed E-state index contributed by atoms with van der Waals surface area (Å²) in [6, 6.07) is 15.4. The van der Waals surface area contributed by atoms with Crippen molar-refractivity contribution in [2.45, 2.75) is 58.3 Å². The Morgan fingerprint density at radius 2 is 2.00 bits per heavy atom. The number of nitrogens with zero attached hydrogens (tertiary/aromatic N) is 1. The lowest BCUT2D eigenvalue weighted by molar-refractivity contribution is -0.137. The lowest BCUT2D eigenvalue weighted by atomic mass is 9.81. The molecule has 1 unspecified atom stereocenters. The fourth-order valence-corrected chi connectivity index (χ4v) is 4.96. The van der Waals surface area contributed by atoms with Crippen LogP contribution in [0, 0.1) is 5.41 Å². The zero-order chi connectivity index (χ0) is 26.6. The van der Waals surface area contributed by atoms with E-state index in [1.165, 1.54) is 4.90 Å². The van der Waals surface area contributed by atoms with Crippen LogP contribution in [0.1, 0.15) is 50.3 Å². The number of ether oxygens (including phenoxy) is 2. The molecule has 0 radical (unpaired) electrons. The molecule has 1 saturated heterocycles. The highest BCUT2D eigenvalue weighted by molar-refractivity contribution is 6.31. The summed E-state index contributed by atoms with van der Waals surface area (Å²) >= 11 is 6.73. The molecule has 7 nitrogen and oxygen atoms in total. The third-order valence-electron chi connectivity index (χ3n) is 6.85. The van der Waals surface area contributed by atoms with Gasteiger partial charge in [-0.15, -0.1) is 0 Å². The number of rotatable bonds is 10. The molecule has 0 spiro atoms. The quantitative estimate of drug-likeness (QED) is 0.426. The van der Waals surface area contributed by atoms with Crippen LogP contribution in [-0.4, -0.2) is 47.9 Å². The van der Waals surface area contributed by atoms with Crippen molar-refractivity contribution in [2.24, 2.45) is 5.41 Å². The van der Waals surface area contributed by atoms with Gasteiger partial charge in [0.25, 0.3) is 0 Å². The highest BCUT2D eigenvalue weighted by Crippen LogP contribution is 2.43. The second-order valence-electron chi connectivity index (χ2n) is 10.9. The number of aliphatic carboxylic acids is 1. The minimum atomic E-state index is -0.967. The molecule has 2 heterocycles. The fraction of sp³-hybridized carbons (Fsp3) is 0.448. The topological polar surface area (TPSA) is 88.1 Å². The average molecular weight is 527 g/mol. The number of nitrogens with one attached hydrogen (secondary N) is 1. The number of halogens is 1. The van der Waals surface area contributed by atoms with Crippen LogP contribution in [0.3, 0.4) is 0 Å². The van der Waals surface area contributed by atoms with E-state index in [2.05, 4.69) is 26.1 Å². The number of urea groups is 1. The number of carbonyl (C=O) groups excluding carboxylic acids is 1. The van der Waals surface area contributed by atoms with E-state index in [4.69, 9.17) is 26.2 Å². The summed E-state index contributed by atoms with van der Waals surface area (Å²) in [5, 5.41) is 12.9. The number of hydrogen-bond acceptors (Lipinski definition) is 4. The molecule has 0 bridgehead atoms. The maximum absolute atomic E-state index is 13.1. The number of carboxylic acids is 1. The molecule has 4 rings (SSSR count). The van der Waals surface area contributed by atoms with Crippen molar-refractivity contribution < 1.29 is 24.2 Å². The van der Waals surface area contributed by atoms with Gasteiger partial charge in [0.05, 0.1) is 26.2 Å². The van der Waals surface area contributed by atoms with Gasteiger partial charge in [0.15, 0.2) is 0 Å². The van der Waals surface area contributed by atoms with Gasteiger partial charge in [0.2, 0.25) is 0 Å². The first-order valence-electron chi connectivity index (χ1n) is 12.6. The van der Waals surface area contributed by atoms with E-state index in [0.29, 0.717) is 18.2 Å². The summed E-state index contributed by atoms with van der Waals surface area (Å²) in [4.78, 5) is 25.6. The van der Waals surface area contributed by atoms with Crippen molar-refractivity contribution in [1.82, 2.24) is 10.2 Å². The van der Waals surface area contributed by atoms with Crippen LogP contribution >= 0.6 is 11.6 Å². The normalized spacial score (nSPS) is 21.4. The van der Waals surface area contributed by atoms with E-state index >= 15 is 0 Å². The number of amides is 2. The number of carbonyl (C=O) groups is 2. The van der Waals surface area contributed by atoms with Crippen molar-refractivity contribution in [3.8, 4) is 0 Å². The monoisotopic (exact) mass is 526 g/mol. The van der Waals surface area contributed by atoms with Crippen LogP contribution in [0.5, 0.6) is 0 Å². The smallest absolute Gasteiger partial charge is 0.322 e. The largest absolute Gasteiger partial charge is 0.481 e. The van der Waals surface area contributed by atoms with E-state index in [-0.39, 0.29) is 31.0 Å². The number of carboxylic acid groups (broad SMARTS) is 1. The first-order chi connectivity index (χ1) is 17.6. The predicted molar refractivity (Wildman–Crippen MR) is 142 cm³/mol. The highest BCUT2D eigenvalue weighted by atomic mass is 35.5. The zero-order valence-corrected chi connectivity index (χ0v) is 22.4. The van der Waals surface area contributed by atoms with Crippen molar-refractivity contribution in [3.63, 3.8) is 0 Å². The number of fused-ring (bicyclic) bond motifs is 1. The summed E-state index contributed by atoms with van der Waals surface area (Å²) in [7, 11) is 0. The molecule has 2 aliphatic rings. The molecule has 2 aromatic rings. The minimum Gasteiger partial charge on any atom is -0.481 e. The molecule has 2 N–H and O–H groups in total. The third kappa shape index (κ3) is 6.53. The van der Waals surface area contributed by atoms with Crippen molar-refractivity contribution >= 4 is 23.6 Å². The van der Waals surface area contributed by atoms with Gasteiger partial charge in [-0.3, -0.25) is 4.79 Å². The van der Waals surface area contributed by atoms with E-state index in [0.717, 1.165) is 35.1 Å². The molecule has 198 valence electrons. The van der Waals surface area contributed by atoms with Gasteiger partial charge >= 0.3 is 12.0 Å². The van der Waals surface area contributed by atoms with Crippen molar-refractivity contribution in [2.75, 3.05) is 19.8 Å². The Balaban J connectivity index is 1.60. The molecule has 2 amide bonds. The first kappa shape index (κ1) is 27.2. The van der Waals surface area contributed by atoms with Crippen molar-refractivity contribution in [1.29, 1.82) is 0 Å². The van der Waals surface area contributed by atoms with Crippen LogP contribution in [0.4, 0.5) is 4.79 Å². The molecule has 37 heavy (non-hydrogen) atoms. The van der Waals surface area contributed by atoms with E-state index in [1.807, 2.05) is 48.5 Å². The number of aryl methyl sites for hydroxylation is 1. The van der Waals surface area contributed by atoms with E-state index < -0.39 is 17.6 Å². The molecule has 1 fully saturated rings. The molecule has 0 aliphatic carbocycles. The Morgan fingerprint density at radius 3 is 2.68 bits per heavy atom. The molecule has 0 aromatic heterocycles. The number of benzene rings is 2. The second-order valence-corrected chi connectivity index (χ2v) is 11.3. The molecule has 0 saturated carbocycles.